The van der Waals surface area contributed by atoms with Crippen molar-refractivity contribution < 1.29 is 13.2 Å². The number of anilines is 1. The SMILES string of the molecule is CS(=O)(=O)c1ccc2nc(NC(=O)[C@@H]3CC=CCC3)sc2c1. The molecule has 0 radical (unpaired) electrons. The summed E-state index contributed by atoms with van der Waals surface area (Å²) in [5.41, 5.74) is 0.691. The first-order valence-corrected chi connectivity index (χ1v) is 9.71. The van der Waals surface area contributed by atoms with E-state index in [0.29, 0.717) is 10.6 Å². The predicted octanol–water partition coefficient (Wildman–Crippen LogP) is 2.99. The highest BCUT2D eigenvalue weighted by molar-refractivity contribution is 7.90. The second-order valence-electron chi connectivity index (χ2n) is 5.39. The number of fused-ring (bicyclic) bond motifs is 1. The monoisotopic (exact) mass is 336 g/mol. The molecule has 1 aliphatic carbocycles. The fraction of sp³-hybridized carbons (Fsp3) is 0.333. The van der Waals surface area contributed by atoms with Gasteiger partial charge in [-0.2, -0.15) is 0 Å². The van der Waals surface area contributed by atoms with E-state index in [-0.39, 0.29) is 16.7 Å². The number of thiazole rings is 1. The van der Waals surface area contributed by atoms with E-state index in [2.05, 4.69) is 16.4 Å². The smallest absolute Gasteiger partial charge is 0.229 e. The van der Waals surface area contributed by atoms with Gasteiger partial charge in [0.05, 0.1) is 15.1 Å². The Balaban J connectivity index is 1.83. The lowest BCUT2D eigenvalue weighted by molar-refractivity contribution is -0.120. The van der Waals surface area contributed by atoms with Crippen LogP contribution in [0.1, 0.15) is 19.3 Å². The number of carbonyl (C=O) groups is 1. The molecule has 0 saturated heterocycles. The highest BCUT2D eigenvalue weighted by atomic mass is 32.2. The van der Waals surface area contributed by atoms with Gasteiger partial charge in [0.25, 0.3) is 0 Å². The Bertz CT molecular complexity index is 853. The number of hydrogen-bond donors (Lipinski definition) is 1. The molecule has 1 aliphatic rings. The van der Waals surface area contributed by atoms with Crippen LogP contribution < -0.4 is 5.32 Å². The van der Waals surface area contributed by atoms with Crippen LogP contribution in [0.2, 0.25) is 0 Å². The van der Waals surface area contributed by atoms with Gasteiger partial charge in [0.15, 0.2) is 15.0 Å². The lowest BCUT2D eigenvalue weighted by Gasteiger charge is -2.15. The van der Waals surface area contributed by atoms with Crippen LogP contribution in [0.25, 0.3) is 10.2 Å². The van der Waals surface area contributed by atoms with Crippen molar-refractivity contribution >= 4 is 42.4 Å². The summed E-state index contributed by atoms with van der Waals surface area (Å²) in [6.45, 7) is 0. The molecule has 0 spiro atoms. The molecule has 7 heteroatoms. The van der Waals surface area contributed by atoms with Crippen molar-refractivity contribution in [3.8, 4) is 0 Å². The predicted molar refractivity (Wildman–Crippen MR) is 87.8 cm³/mol. The fourth-order valence-corrected chi connectivity index (χ4v) is 4.06. The van der Waals surface area contributed by atoms with Crippen LogP contribution in [-0.4, -0.2) is 25.6 Å². The minimum atomic E-state index is -3.24. The van der Waals surface area contributed by atoms with Gasteiger partial charge in [0.2, 0.25) is 5.91 Å². The summed E-state index contributed by atoms with van der Waals surface area (Å²) >= 11 is 1.29. The van der Waals surface area contributed by atoms with Crippen molar-refractivity contribution in [3.63, 3.8) is 0 Å². The molecule has 3 rings (SSSR count). The molecule has 22 heavy (non-hydrogen) atoms. The molecule has 0 unspecified atom stereocenters. The summed E-state index contributed by atoms with van der Waals surface area (Å²) in [6.07, 6.45) is 7.84. The topological polar surface area (TPSA) is 76.1 Å². The second-order valence-corrected chi connectivity index (χ2v) is 8.44. The molecule has 0 fully saturated rings. The number of nitrogens with one attached hydrogen (secondary N) is 1. The van der Waals surface area contributed by atoms with Crippen molar-refractivity contribution in [2.75, 3.05) is 11.6 Å². The van der Waals surface area contributed by atoms with E-state index in [9.17, 15) is 13.2 Å². The van der Waals surface area contributed by atoms with E-state index in [0.717, 1.165) is 24.0 Å². The molecule has 116 valence electrons. The number of carbonyl (C=O) groups excluding carboxylic acids is 1. The van der Waals surface area contributed by atoms with Gasteiger partial charge in [-0.1, -0.05) is 23.5 Å². The van der Waals surface area contributed by atoms with Crippen LogP contribution >= 0.6 is 11.3 Å². The van der Waals surface area contributed by atoms with Gasteiger partial charge in [-0.05, 0) is 37.5 Å². The molecule has 2 aromatic rings. The van der Waals surface area contributed by atoms with Crippen LogP contribution in [0.3, 0.4) is 0 Å². The second kappa shape index (κ2) is 5.81. The Morgan fingerprint density at radius 2 is 2.18 bits per heavy atom. The van der Waals surface area contributed by atoms with E-state index < -0.39 is 9.84 Å². The van der Waals surface area contributed by atoms with Crippen LogP contribution in [0.4, 0.5) is 5.13 Å². The standard InChI is InChI=1S/C15H16N2O3S2/c1-22(19,20)11-7-8-12-13(9-11)21-15(16-12)17-14(18)10-5-3-2-4-6-10/h2-3,7-10H,4-6H2,1H3,(H,16,17,18)/t10-/m1/s1. The van der Waals surface area contributed by atoms with E-state index in [1.54, 1.807) is 12.1 Å². The number of amides is 1. The summed E-state index contributed by atoms with van der Waals surface area (Å²) in [6, 6.07) is 4.80. The first-order valence-electron chi connectivity index (χ1n) is 7.00. The van der Waals surface area contributed by atoms with Crippen LogP contribution in [0.15, 0.2) is 35.2 Å². The Morgan fingerprint density at radius 3 is 2.86 bits per heavy atom. The van der Waals surface area contributed by atoms with Gasteiger partial charge in [-0.15, -0.1) is 0 Å². The van der Waals surface area contributed by atoms with E-state index in [4.69, 9.17) is 0 Å². The lowest BCUT2D eigenvalue weighted by atomic mass is 9.94. The third-order valence-electron chi connectivity index (χ3n) is 3.66. The van der Waals surface area contributed by atoms with Gasteiger partial charge in [-0.3, -0.25) is 4.79 Å². The number of allylic oxidation sites excluding steroid dienone is 2. The van der Waals surface area contributed by atoms with Gasteiger partial charge in [0.1, 0.15) is 0 Å². The third-order valence-corrected chi connectivity index (χ3v) is 5.70. The zero-order valence-corrected chi connectivity index (χ0v) is 13.7. The summed E-state index contributed by atoms with van der Waals surface area (Å²) in [5, 5.41) is 3.36. The molecular formula is C15H16N2O3S2. The molecule has 1 atom stereocenters. The average molecular weight is 336 g/mol. The molecule has 0 bridgehead atoms. The molecule has 1 aromatic carbocycles. The minimum Gasteiger partial charge on any atom is -0.302 e. The van der Waals surface area contributed by atoms with Crippen LogP contribution in [-0.2, 0) is 14.6 Å². The zero-order valence-electron chi connectivity index (χ0n) is 12.1. The first-order chi connectivity index (χ1) is 10.4. The normalized spacial score (nSPS) is 18.5. The number of nitrogens with zero attached hydrogens (tertiary/aromatic N) is 1. The Morgan fingerprint density at radius 1 is 1.36 bits per heavy atom. The maximum atomic E-state index is 12.2. The molecule has 1 amide bonds. The number of hydrogen-bond acceptors (Lipinski definition) is 5. The van der Waals surface area contributed by atoms with Crippen LogP contribution in [0.5, 0.6) is 0 Å². The van der Waals surface area contributed by atoms with Gasteiger partial charge < -0.3 is 5.32 Å². The summed E-state index contributed by atoms with van der Waals surface area (Å²) in [4.78, 5) is 16.8. The maximum Gasteiger partial charge on any atom is 0.229 e. The summed E-state index contributed by atoms with van der Waals surface area (Å²) < 4.78 is 23.9. The number of rotatable bonds is 3. The fourth-order valence-electron chi connectivity index (χ4n) is 2.43. The maximum absolute atomic E-state index is 12.2. The van der Waals surface area contributed by atoms with E-state index in [1.165, 1.54) is 23.7 Å². The zero-order chi connectivity index (χ0) is 15.7. The number of sulfone groups is 1. The van der Waals surface area contributed by atoms with Crippen molar-refractivity contribution in [1.29, 1.82) is 0 Å². The van der Waals surface area contributed by atoms with Gasteiger partial charge in [0, 0.05) is 12.2 Å². The third kappa shape index (κ3) is 3.20. The van der Waals surface area contributed by atoms with Gasteiger partial charge in [-0.25, -0.2) is 13.4 Å². The molecule has 5 nitrogen and oxygen atoms in total. The molecule has 1 aromatic heterocycles. The van der Waals surface area contributed by atoms with E-state index >= 15 is 0 Å². The molecule has 0 aliphatic heterocycles. The van der Waals surface area contributed by atoms with E-state index in [1.807, 2.05) is 6.08 Å². The van der Waals surface area contributed by atoms with Crippen LogP contribution in [0, 0.1) is 5.92 Å². The Hall–Kier alpha value is -1.73. The molecule has 1 N–H and O–H groups in total. The van der Waals surface area contributed by atoms with Crippen molar-refractivity contribution in [1.82, 2.24) is 4.98 Å². The van der Waals surface area contributed by atoms with Crippen molar-refractivity contribution in [3.05, 3.63) is 30.4 Å². The molecule has 0 saturated carbocycles. The van der Waals surface area contributed by atoms with Crippen molar-refractivity contribution in [2.24, 2.45) is 5.92 Å². The molecular weight excluding hydrogens is 320 g/mol. The average Bonchev–Trinajstić information content (AvgIpc) is 2.88. The largest absolute Gasteiger partial charge is 0.302 e. The Kier molecular flexibility index (Phi) is 4.01. The Labute approximate surface area is 133 Å². The molecule has 1 heterocycles. The van der Waals surface area contributed by atoms with Crippen molar-refractivity contribution in [2.45, 2.75) is 24.2 Å². The number of aromatic nitrogens is 1. The number of benzene rings is 1. The first kappa shape index (κ1) is 15.2. The van der Waals surface area contributed by atoms with Gasteiger partial charge >= 0.3 is 0 Å². The summed E-state index contributed by atoms with van der Waals surface area (Å²) in [7, 11) is -3.24. The highest BCUT2D eigenvalue weighted by Crippen LogP contribution is 2.29. The lowest BCUT2D eigenvalue weighted by Crippen LogP contribution is -2.23. The highest BCUT2D eigenvalue weighted by Gasteiger charge is 2.20. The quantitative estimate of drug-likeness (QED) is 0.874. The summed E-state index contributed by atoms with van der Waals surface area (Å²) in [5.74, 6) is -0.0321. The minimum absolute atomic E-state index is 0.0106.